The third-order valence-electron chi connectivity index (χ3n) is 5.40. The van der Waals surface area contributed by atoms with Gasteiger partial charge in [-0.1, -0.05) is 30.3 Å². The van der Waals surface area contributed by atoms with E-state index in [1.165, 1.54) is 38.9 Å². The minimum atomic E-state index is -0.436. The second kappa shape index (κ2) is 11.9. The van der Waals surface area contributed by atoms with Crippen LogP contribution < -0.4 is 5.32 Å². The monoisotopic (exact) mass is 486 g/mol. The number of aliphatic imine (C=N–C) groups is 1. The molecule has 6 heteroatoms. The van der Waals surface area contributed by atoms with Gasteiger partial charge in [0.25, 0.3) is 0 Å². The lowest BCUT2D eigenvalue weighted by Gasteiger charge is -2.23. The summed E-state index contributed by atoms with van der Waals surface area (Å²) in [7, 11) is 0. The van der Waals surface area contributed by atoms with E-state index in [1.807, 2.05) is 18.2 Å². The van der Waals surface area contributed by atoms with Crippen LogP contribution in [-0.4, -0.2) is 72.8 Å². The zero-order valence-corrected chi connectivity index (χ0v) is 18.8. The molecule has 2 aliphatic rings. The number of likely N-dealkylation sites (tertiary alicyclic amines) is 2. The standard InChI is InChI=1S/C21H34N4O.HI/c1-2-22-21(23-15-20(26)14-18-8-4-3-5-9-18)25-13-10-19(17-25)16-24-11-6-7-12-24;/h3-5,8-9,19-20,26H,2,6-7,10-17H2,1H3,(H,22,23);1H. The summed E-state index contributed by atoms with van der Waals surface area (Å²) in [6, 6.07) is 10.1. The van der Waals surface area contributed by atoms with Gasteiger partial charge in [-0.05, 0) is 50.8 Å². The van der Waals surface area contributed by atoms with Crippen LogP contribution >= 0.6 is 24.0 Å². The van der Waals surface area contributed by atoms with E-state index in [9.17, 15) is 5.11 Å². The molecule has 2 fully saturated rings. The fraction of sp³-hybridized carbons (Fsp3) is 0.667. The van der Waals surface area contributed by atoms with Crippen molar-refractivity contribution in [2.24, 2.45) is 10.9 Å². The predicted molar refractivity (Wildman–Crippen MR) is 123 cm³/mol. The summed E-state index contributed by atoms with van der Waals surface area (Å²) < 4.78 is 0. The van der Waals surface area contributed by atoms with Crippen molar-refractivity contribution in [3.05, 3.63) is 35.9 Å². The number of rotatable bonds is 7. The van der Waals surface area contributed by atoms with Crippen LogP contribution in [0.3, 0.4) is 0 Å². The molecular formula is C21H35IN4O. The Morgan fingerprint density at radius 3 is 2.67 bits per heavy atom. The van der Waals surface area contributed by atoms with Crippen molar-refractivity contribution < 1.29 is 5.11 Å². The van der Waals surface area contributed by atoms with Crippen LogP contribution in [0.15, 0.2) is 35.3 Å². The largest absolute Gasteiger partial charge is 0.391 e. The van der Waals surface area contributed by atoms with E-state index in [0.717, 1.165) is 37.1 Å². The van der Waals surface area contributed by atoms with E-state index in [-0.39, 0.29) is 24.0 Å². The van der Waals surface area contributed by atoms with E-state index in [4.69, 9.17) is 4.99 Å². The SMILES string of the molecule is CCNC(=NCC(O)Cc1ccccc1)N1CCC(CN2CCCC2)C1.I. The topological polar surface area (TPSA) is 51.1 Å². The minimum Gasteiger partial charge on any atom is -0.391 e. The number of nitrogens with one attached hydrogen (secondary N) is 1. The number of nitrogens with zero attached hydrogens (tertiary/aromatic N) is 3. The summed E-state index contributed by atoms with van der Waals surface area (Å²) in [6.07, 6.45) is 4.18. The van der Waals surface area contributed by atoms with Gasteiger partial charge in [0.2, 0.25) is 0 Å². The summed E-state index contributed by atoms with van der Waals surface area (Å²) in [6.45, 7) is 9.34. The van der Waals surface area contributed by atoms with E-state index in [2.05, 4.69) is 34.2 Å². The van der Waals surface area contributed by atoms with Crippen molar-refractivity contribution in [3.63, 3.8) is 0 Å². The van der Waals surface area contributed by atoms with Gasteiger partial charge in [-0.25, -0.2) is 0 Å². The molecule has 0 spiro atoms. The highest BCUT2D eigenvalue weighted by molar-refractivity contribution is 14.0. The van der Waals surface area contributed by atoms with E-state index < -0.39 is 6.10 Å². The summed E-state index contributed by atoms with van der Waals surface area (Å²) in [4.78, 5) is 9.71. The Bertz CT molecular complexity index is 563. The van der Waals surface area contributed by atoms with Crippen molar-refractivity contribution in [1.82, 2.24) is 15.1 Å². The van der Waals surface area contributed by atoms with Crippen molar-refractivity contribution in [2.75, 3.05) is 45.8 Å². The average Bonchev–Trinajstić information content (AvgIpc) is 3.32. The van der Waals surface area contributed by atoms with Crippen LogP contribution in [0.5, 0.6) is 0 Å². The number of hydrogen-bond donors (Lipinski definition) is 2. The number of guanidine groups is 1. The van der Waals surface area contributed by atoms with Crippen LogP contribution in [0.1, 0.15) is 31.7 Å². The van der Waals surface area contributed by atoms with Crippen LogP contribution in [0, 0.1) is 5.92 Å². The second-order valence-electron chi connectivity index (χ2n) is 7.65. The molecule has 27 heavy (non-hydrogen) atoms. The second-order valence-corrected chi connectivity index (χ2v) is 7.65. The first kappa shape index (κ1) is 22.4. The number of aliphatic hydroxyl groups is 1. The van der Waals surface area contributed by atoms with Gasteiger partial charge in [-0.2, -0.15) is 0 Å². The summed E-state index contributed by atoms with van der Waals surface area (Å²) in [5.41, 5.74) is 1.16. The normalized spacial score (nSPS) is 21.9. The van der Waals surface area contributed by atoms with Crippen molar-refractivity contribution >= 4 is 29.9 Å². The third kappa shape index (κ3) is 7.23. The highest BCUT2D eigenvalue weighted by Gasteiger charge is 2.27. The molecular weight excluding hydrogens is 451 g/mol. The fourth-order valence-electron chi connectivity index (χ4n) is 4.07. The maximum Gasteiger partial charge on any atom is 0.194 e. The maximum atomic E-state index is 10.3. The van der Waals surface area contributed by atoms with Crippen LogP contribution in [-0.2, 0) is 6.42 Å². The molecule has 1 aromatic carbocycles. The number of aliphatic hydroxyl groups excluding tert-OH is 1. The van der Waals surface area contributed by atoms with Crippen LogP contribution in [0.25, 0.3) is 0 Å². The average molecular weight is 486 g/mol. The summed E-state index contributed by atoms with van der Waals surface area (Å²) in [5, 5.41) is 13.8. The van der Waals surface area contributed by atoms with Gasteiger partial charge in [0.1, 0.15) is 0 Å². The van der Waals surface area contributed by atoms with E-state index in [0.29, 0.717) is 13.0 Å². The molecule has 2 saturated heterocycles. The number of hydrogen-bond acceptors (Lipinski definition) is 3. The Balaban J connectivity index is 0.00000261. The van der Waals surface area contributed by atoms with E-state index >= 15 is 0 Å². The van der Waals surface area contributed by atoms with Gasteiger partial charge in [0.15, 0.2) is 5.96 Å². The number of benzene rings is 1. The van der Waals surface area contributed by atoms with Gasteiger partial charge in [-0.3, -0.25) is 4.99 Å². The predicted octanol–water partition coefficient (Wildman–Crippen LogP) is 2.59. The molecule has 2 heterocycles. The molecule has 0 amide bonds. The molecule has 2 aliphatic heterocycles. The zero-order valence-electron chi connectivity index (χ0n) is 16.5. The van der Waals surface area contributed by atoms with Gasteiger partial charge in [0.05, 0.1) is 12.6 Å². The zero-order chi connectivity index (χ0) is 18.2. The molecule has 3 rings (SSSR count). The van der Waals surface area contributed by atoms with Crippen LogP contribution in [0.4, 0.5) is 0 Å². The molecule has 1 aromatic rings. The molecule has 2 N–H and O–H groups in total. The highest BCUT2D eigenvalue weighted by atomic mass is 127. The fourth-order valence-corrected chi connectivity index (χ4v) is 4.07. The Morgan fingerprint density at radius 1 is 1.22 bits per heavy atom. The first-order valence-electron chi connectivity index (χ1n) is 10.2. The molecule has 0 aromatic heterocycles. The molecule has 0 aliphatic carbocycles. The Hall–Kier alpha value is -0.860. The lowest BCUT2D eigenvalue weighted by molar-refractivity contribution is 0.183. The molecule has 2 unspecified atom stereocenters. The summed E-state index contributed by atoms with van der Waals surface area (Å²) in [5.74, 6) is 1.70. The quantitative estimate of drug-likeness (QED) is 0.354. The van der Waals surface area contributed by atoms with Gasteiger partial charge >= 0.3 is 0 Å². The third-order valence-corrected chi connectivity index (χ3v) is 5.40. The first-order chi connectivity index (χ1) is 12.7. The Morgan fingerprint density at radius 2 is 1.96 bits per heavy atom. The van der Waals surface area contributed by atoms with E-state index in [1.54, 1.807) is 0 Å². The maximum absolute atomic E-state index is 10.3. The van der Waals surface area contributed by atoms with Gasteiger partial charge in [0, 0.05) is 32.6 Å². The minimum absolute atomic E-state index is 0. The molecule has 2 atom stereocenters. The molecule has 0 radical (unpaired) electrons. The molecule has 152 valence electrons. The van der Waals surface area contributed by atoms with Crippen molar-refractivity contribution in [2.45, 2.75) is 38.7 Å². The smallest absolute Gasteiger partial charge is 0.194 e. The van der Waals surface area contributed by atoms with Crippen molar-refractivity contribution in [3.8, 4) is 0 Å². The van der Waals surface area contributed by atoms with Crippen molar-refractivity contribution in [1.29, 1.82) is 0 Å². The molecule has 5 nitrogen and oxygen atoms in total. The Labute approximate surface area is 181 Å². The molecule has 0 saturated carbocycles. The summed E-state index contributed by atoms with van der Waals surface area (Å²) >= 11 is 0. The lowest BCUT2D eigenvalue weighted by Crippen LogP contribution is -2.41. The van der Waals surface area contributed by atoms with Gasteiger partial charge < -0.3 is 20.2 Å². The van der Waals surface area contributed by atoms with Crippen LogP contribution in [0.2, 0.25) is 0 Å². The lowest BCUT2D eigenvalue weighted by atomic mass is 10.1. The number of halogens is 1. The Kier molecular flexibility index (Phi) is 9.86. The highest BCUT2D eigenvalue weighted by Crippen LogP contribution is 2.20. The van der Waals surface area contributed by atoms with Gasteiger partial charge in [-0.15, -0.1) is 24.0 Å². The molecule has 0 bridgehead atoms. The first-order valence-corrected chi connectivity index (χ1v) is 10.2.